The van der Waals surface area contributed by atoms with Gasteiger partial charge >= 0.3 is 12.0 Å². The van der Waals surface area contributed by atoms with E-state index in [2.05, 4.69) is 10.0 Å². The van der Waals surface area contributed by atoms with Gasteiger partial charge < -0.3 is 16.2 Å². The van der Waals surface area contributed by atoms with Crippen LogP contribution < -0.4 is 15.8 Å². The maximum Gasteiger partial charge on any atom is 0.322 e. The molecule has 1 unspecified atom stereocenters. The van der Waals surface area contributed by atoms with Crippen molar-refractivity contribution in [3.8, 4) is 11.1 Å². The average Bonchev–Trinajstić information content (AvgIpc) is 2.74. The molecule has 0 saturated heterocycles. The Bertz CT molecular complexity index is 1360. The van der Waals surface area contributed by atoms with E-state index < -0.39 is 28.1 Å². The van der Waals surface area contributed by atoms with E-state index in [1.165, 1.54) is 0 Å². The summed E-state index contributed by atoms with van der Waals surface area (Å²) in [5.74, 6) is -1.26. The highest BCUT2D eigenvalue weighted by Crippen LogP contribution is 2.26. The summed E-state index contributed by atoms with van der Waals surface area (Å²) >= 11 is 0. The van der Waals surface area contributed by atoms with Crippen molar-refractivity contribution in [3.63, 3.8) is 0 Å². The smallest absolute Gasteiger partial charge is 0.322 e. The predicted molar refractivity (Wildman–Crippen MR) is 136 cm³/mol. The summed E-state index contributed by atoms with van der Waals surface area (Å²) in [7, 11) is -4.05. The average molecular weight is 496 g/mol. The zero-order chi connectivity index (χ0) is 25.9. The van der Waals surface area contributed by atoms with Gasteiger partial charge in [-0.05, 0) is 73.6 Å². The highest BCUT2D eigenvalue weighted by Gasteiger charge is 2.28. The maximum absolute atomic E-state index is 13.1. The maximum atomic E-state index is 13.1. The molecule has 3 aromatic carbocycles. The van der Waals surface area contributed by atoms with Crippen LogP contribution in [0.3, 0.4) is 0 Å². The largest absolute Gasteiger partial charge is 0.480 e. The van der Waals surface area contributed by atoms with E-state index in [9.17, 15) is 23.1 Å². The summed E-state index contributed by atoms with van der Waals surface area (Å²) in [5, 5.41) is 12.3. The molecule has 0 aliphatic rings. The summed E-state index contributed by atoms with van der Waals surface area (Å²) in [6, 6.07) is 14.2. The fraction of sp³-hybridized carbons (Fsp3) is 0.231. The van der Waals surface area contributed by atoms with Gasteiger partial charge in [-0.1, -0.05) is 54.1 Å². The highest BCUT2D eigenvalue weighted by atomic mass is 32.2. The molecule has 0 spiro atoms. The number of aliphatic carboxylic acids is 1. The lowest BCUT2D eigenvalue weighted by Gasteiger charge is -2.18. The second-order valence-electron chi connectivity index (χ2n) is 8.66. The third-order valence-electron chi connectivity index (χ3n) is 5.69. The van der Waals surface area contributed by atoms with Crippen molar-refractivity contribution in [1.29, 1.82) is 0 Å². The summed E-state index contributed by atoms with van der Waals surface area (Å²) in [4.78, 5) is 23.2. The van der Waals surface area contributed by atoms with Crippen LogP contribution in [0.1, 0.15) is 27.8 Å². The van der Waals surface area contributed by atoms with Crippen LogP contribution in [0.15, 0.2) is 59.5 Å². The molecule has 5 N–H and O–H groups in total. The van der Waals surface area contributed by atoms with Crippen molar-refractivity contribution in [2.75, 3.05) is 5.32 Å². The molecule has 3 aromatic rings. The van der Waals surface area contributed by atoms with Gasteiger partial charge in [0.1, 0.15) is 6.04 Å². The molecule has 8 nitrogen and oxygen atoms in total. The summed E-state index contributed by atoms with van der Waals surface area (Å²) in [6.07, 6.45) is -0.0266. The van der Waals surface area contributed by atoms with Crippen LogP contribution in [0.5, 0.6) is 0 Å². The Hall–Kier alpha value is -3.69. The lowest BCUT2D eigenvalue weighted by atomic mass is 9.99. The fourth-order valence-corrected chi connectivity index (χ4v) is 5.80. The molecule has 0 aliphatic heterocycles. The minimum atomic E-state index is -4.05. The van der Waals surface area contributed by atoms with Gasteiger partial charge in [0.05, 0.1) is 4.90 Å². The fourth-order valence-electron chi connectivity index (χ4n) is 4.15. The molecule has 0 aliphatic carbocycles. The highest BCUT2D eigenvalue weighted by molar-refractivity contribution is 7.89. The summed E-state index contributed by atoms with van der Waals surface area (Å²) in [6.45, 7) is 7.11. The minimum Gasteiger partial charge on any atom is -0.480 e. The standard InChI is InChI=1S/C26H29N3O5S/c1-15-11-17(3)24(18(4)12-15)35(33,34)29-23(25(30)31)13-19-6-9-20(10-7-19)21-8-5-16(2)22(14-21)28-26(27)32/h5-12,14,23,29H,13H2,1-4H3,(H,30,31)(H3,27,28,32). The number of hydrogen-bond donors (Lipinski definition) is 4. The van der Waals surface area contributed by atoms with Crippen molar-refractivity contribution in [3.05, 3.63) is 82.4 Å². The molecular formula is C26H29N3O5S. The van der Waals surface area contributed by atoms with Crippen LogP contribution >= 0.6 is 0 Å². The number of sulfonamides is 1. The number of nitrogens with two attached hydrogens (primary N) is 1. The van der Waals surface area contributed by atoms with Gasteiger partial charge in [-0.25, -0.2) is 13.2 Å². The van der Waals surface area contributed by atoms with Gasteiger partial charge in [0.2, 0.25) is 10.0 Å². The second-order valence-corrected chi connectivity index (χ2v) is 10.3. The number of benzene rings is 3. The lowest BCUT2D eigenvalue weighted by molar-refractivity contribution is -0.138. The Morgan fingerprint density at radius 2 is 1.46 bits per heavy atom. The van der Waals surface area contributed by atoms with E-state index in [0.29, 0.717) is 22.4 Å². The number of urea groups is 1. The first-order chi connectivity index (χ1) is 16.4. The third kappa shape index (κ3) is 6.26. The SMILES string of the molecule is Cc1cc(C)c(S(=O)(=O)NC(Cc2ccc(-c3ccc(C)c(NC(N)=O)c3)cc2)C(=O)O)c(C)c1. The first-order valence-corrected chi connectivity index (χ1v) is 12.4. The Morgan fingerprint density at radius 3 is 2.00 bits per heavy atom. The summed E-state index contributed by atoms with van der Waals surface area (Å²) in [5.41, 5.74) is 11.1. The van der Waals surface area contributed by atoms with Gasteiger partial charge in [-0.15, -0.1) is 0 Å². The third-order valence-corrected chi connectivity index (χ3v) is 7.47. The number of hydrogen-bond acceptors (Lipinski definition) is 4. The molecule has 1 atom stereocenters. The first-order valence-electron chi connectivity index (χ1n) is 11.0. The Kier molecular flexibility index (Phi) is 7.62. The second kappa shape index (κ2) is 10.3. The number of nitrogens with one attached hydrogen (secondary N) is 2. The van der Waals surface area contributed by atoms with Crippen LogP contribution in [0.4, 0.5) is 10.5 Å². The van der Waals surface area contributed by atoms with E-state index in [-0.39, 0.29) is 11.3 Å². The van der Waals surface area contributed by atoms with Crippen LogP contribution in [0.25, 0.3) is 11.1 Å². The molecule has 184 valence electrons. The van der Waals surface area contributed by atoms with Gasteiger partial charge in [0.15, 0.2) is 0 Å². The Balaban J connectivity index is 1.82. The molecule has 2 amide bonds. The molecule has 0 saturated carbocycles. The number of anilines is 1. The van der Waals surface area contributed by atoms with Crippen molar-refractivity contribution in [2.45, 2.75) is 45.1 Å². The van der Waals surface area contributed by atoms with Crippen LogP contribution in [-0.4, -0.2) is 31.6 Å². The number of primary amides is 1. The molecule has 0 fully saturated rings. The van der Waals surface area contributed by atoms with Gasteiger partial charge in [-0.3, -0.25) is 4.79 Å². The molecule has 0 radical (unpaired) electrons. The van der Waals surface area contributed by atoms with Gasteiger partial charge in [0.25, 0.3) is 0 Å². The monoisotopic (exact) mass is 495 g/mol. The number of amides is 2. The Morgan fingerprint density at radius 1 is 0.886 bits per heavy atom. The zero-order valence-electron chi connectivity index (χ0n) is 20.0. The normalized spacial score (nSPS) is 12.2. The van der Waals surface area contributed by atoms with E-state index >= 15 is 0 Å². The van der Waals surface area contributed by atoms with Gasteiger partial charge in [0, 0.05) is 5.69 Å². The number of carbonyl (C=O) groups is 2. The summed E-state index contributed by atoms with van der Waals surface area (Å²) < 4.78 is 28.5. The van der Waals surface area contributed by atoms with E-state index in [0.717, 1.165) is 22.3 Å². The van der Waals surface area contributed by atoms with Crippen molar-refractivity contribution in [1.82, 2.24) is 4.72 Å². The molecule has 3 rings (SSSR count). The van der Waals surface area contributed by atoms with Crippen molar-refractivity contribution < 1.29 is 23.1 Å². The van der Waals surface area contributed by atoms with Crippen LogP contribution in [0.2, 0.25) is 0 Å². The van der Waals surface area contributed by atoms with E-state index in [1.54, 1.807) is 44.2 Å². The van der Waals surface area contributed by atoms with E-state index in [1.807, 2.05) is 38.1 Å². The Labute approximate surface area is 205 Å². The topological polar surface area (TPSA) is 139 Å². The van der Waals surface area contributed by atoms with E-state index in [4.69, 9.17) is 5.73 Å². The first kappa shape index (κ1) is 25.9. The lowest BCUT2D eigenvalue weighted by Crippen LogP contribution is -2.42. The molecular weight excluding hydrogens is 466 g/mol. The quantitative estimate of drug-likeness (QED) is 0.373. The number of carboxylic acids is 1. The minimum absolute atomic E-state index is 0.0266. The molecule has 0 aromatic heterocycles. The van der Waals surface area contributed by atoms with Crippen molar-refractivity contribution >= 4 is 27.7 Å². The predicted octanol–water partition coefficient (Wildman–Crippen LogP) is 4.05. The van der Waals surface area contributed by atoms with Crippen LogP contribution in [-0.2, 0) is 21.2 Å². The molecule has 35 heavy (non-hydrogen) atoms. The number of rotatable bonds is 8. The number of carbonyl (C=O) groups excluding carboxylic acids is 1. The molecule has 0 heterocycles. The molecule has 9 heteroatoms. The van der Waals surface area contributed by atoms with Crippen LogP contribution in [0, 0.1) is 27.7 Å². The zero-order valence-corrected chi connectivity index (χ0v) is 20.9. The molecule has 0 bridgehead atoms. The van der Waals surface area contributed by atoms with Crippen molar-refractivity contribution in [2.24, 2.45) is 5.73 Å². The number of aryl methyl sites for hydroxylation is 4. The number of carboxylic acid groups (broad SMARTS) is 1. The van der Waals surface area contributed by atoms with Gasteiger partial charge in [-0.2, -0.15) is 4.72 Å².